The molecule has 0 amide bonds. The van der Waals surface area contributed by atoms with Gasteiger partial charge in [-0.05, 0) is 50.3 Å². The first kappa shape index (κ1) is 19.9. The molecule has 0 N–H and O–H groups in total. The summed E-state index contributed by atoms with van der Waals surface area (Å²) >= 11 is 11.8. The molecule has 0 unspecified atom stereocenters. The zero-order valence-corrected chi connectivity index (χ0v) is 16.6. The van der Waals surface area contributed by atoms with Crippen molar-refractivity contribution in [3.63, 3.8) is 0 Å². The highest BCUT2D eigenvalue weighted by atomic mass is 35.5. The van der Waals surface area contributed by atoms with E-state index in [0.29, 0.717) is 12.3 Å². The Balaban J connectivity index is 2.09. The third-order valence-electron chi connectivity index (χ3n) is 4.55. The lowest BCUT2D eigenvalue weighted by Gasteiger charge is -2.11. The van der Waals surface area contributed by atoms with Gasteiger partial charge in [-0.1, -0.05) is 13.8 Å². The number of carbonyl (C=O) groups is 1. The quantitative estimate of drug-likeness (QED) is 0.294. The van der Waals surface area contributed by atoms with E-state index in [9.17, 15) is 10.1 Å². The summed E-state index contributed by atoms with van der Waals surface area (Å²) in [6.07, 6.45) is 3.27. The molecule has 25 heavy (non-hydrogen) atoms. The molecule has 0 bridgehead atoms. The number of esters is 1. The average Bonchev–Trinajstić information content (AvgIpc) is 3.05. The number of hydrogen-bond acceptors (Lipinski definition) is 3. The Kier molecular flexibility index (Phi) is 6.24. The molecule has 1 saturated carbocycles. The van der Waals surface area contributed by atoms with Crippen molar-refractivity contribution in [2.45, 2.75) is 51.4 Å². The summed E-state index contributed by atoms with van der Waals surface area (Å²) in [5, 5.41) is 9.31. The van der Waals surface area contributed by atoms with Crippen LogP contribution in [0.3, 0.4) is 0 Å². The topological polar surface area (TPSA) is 55.0 Å². The first-order valence-electron chi connectivity index (χ1n) is 8.49. The predicted octanol–water partition coefficient (Wildman–Crippen LogP) is 4.80. The van der Waals surface area contributed by atoms with Crippen molar-refractivity contribution in [1.82, 2.24) is 4.57 Å². The second-order valence-corrected chi connectivity index (χ2v) is 8.63. The molecule has 1 aliphatic carbocycles. The molecule has 0 saturated heterocycles. The lowest BCUT2D eigenvalue weighted by molar-refractivity contribution is -0.138. The number of carbonyl (C=O) groups excluding carboxylic acids is 1. The van der Waals surface area contributed by atoms with Crippen molar-refractivity contribution in [1.29, 1.82) is 5.26 Å². The highest BCUT2D eigenvalue weighted by molar-refractivity contribution is 6.50. The molecule has 1 aliphatic rings. The van der Waals surface area contributed by atoms with Crippen LogP contribution in [-0.2, 0) is 16.1 Å². The minimum absolute atomic E-state index is 0.0143. The van der Waals surface area contributed by atoms with Crippen LogP contribution >= 0.6 is 23.2 Å². The van der Waals surface area contributed by atoms with E-state index < -0.39 is 10.3 Å². The SMILES string of the molecule is Cc1cc(/C=C(/C#N)C(=O)OC[C@H]2CC2(Cl)Cl)c(C)n1CCC(C)C. The number of nitrogens with zero attached hydrogens (tertiary/aromatic N) is 2. The fraction of sp³-hybridized carbons (Fsp3) is 0.579. The zero-order valence-electron chi connectivity index (χ0n) is 15.1. The van der Waals surface area contributed by atoms with Crippen LogP contribution in [0.5, 0.6) is 0 Å². The summed E-state index contributed by atoms with van der Waals surface area (Å²) in [5.74, 6) is -0.0745. The van der Waals surface area contributed by atoms with Crippen molar-refractivity contribution in [2.75, 3.05) is 6.61 Å². The van der Waals surface area contributed by atoms with Gasteiger partial charge in [0.1, 0.15) is 16.0 Å². The monoisotopic (exact) mass is 382 g/mol. The Bertz CT molecular complexity index is 727. The molecule has 0 radical (unpaired) electrons. The molecule has 2 rings (SSSR count). The van der Waals surface area contributed by atoms with Crippen molar-refractivity contribution in [3.8, 4) is 6.07 Å². The van der Waals surface area contributed by atoms with Crippen molar-refractivity contribution in [2.24, 2.45) is 11.8 Å². The maximum atomic E-state index is 12.1. The van der Waals surface area contributed by atoms with Gasteiger partial charge in [0.25, 0.3) is 0 Å². The van der Waals surface area contributed by atoms with Gasteiger partial charge in [0.15, 0.2) is 0 Å². The smallest absolute Gasteiger partial charge is 0.348 e. The minimum atomic E-state index is -0.794. The molecule has 0 spiro atoms. The molecule has 1 atom stereocenters. The maximum Gasteiger partial charge on any atom is 0.348 e. The van der Waals surface area contributed by atoms with E-state index in [4.69, 9.17) is 27.9 Å². The van der Waals surface area contributed by atoms with Gasteiger partial charge in [0.05, 0.1) is 6.61 Å². The number of halogens is 2. The normalized spacial score (nSPS) is 19.0. The molecule has 0 aliphatic heterocycles. The van der Waals surface area contributed by atoms with Crippen LogP contribution in [0.4, 0.5) is 0 Å². The number of rotatable bonds is 7. The zero-order chi connectivity index (χ0) is 18.8. The Hall–Kier alpha value is -1.44. The van der Waals surface area contributed by atoms with E-state index in [1.54, 1.807) is 6.08 Å². The first-order chi connectivity index (χ1) is 11.7. The van der Waals surface area contributed by atoms with E-state index in [1.165, 1.54) is 0 Å². The van der Waals surface area contributed by atoms with E-state index in [2.05, 4.69) is 18.4 Å². The Morgan fingerprint density at radius 1 is 1.52 bits per heavy atom. The molecule has 4 nitrogen and oxygen atoms in total. The van der Waals surface area contributed by atoms with Gasteiger partial charge in [-0.2, -0.15) is 5.26 Å². The number of ether oxygens (including phenoxy) is 1. The summed E-state index contributed by atoms with van der Waals surface area (Å²) in [4.78, 5) is 12.1. The van der Waals surface area contributed by atoms with Gasteiger partial charge in [0.2, 0.25) is 0 Å². The number of alkyl halides is 2. The number of nitriles is 1. The third kappa shape index (κ3) is 5.03. The van der Waals surface area contributed by atoms with Gasteiger partial charge in [-0.3, -0.25) is 0 Å². The fourth-order valence-corrected chi connectivity index (χ4v) is 3.20. The largest absolute Gasteiger partial charge is 0.461 e. The summed E-state index contributed by atoms with van der Waals surface area (Å²) in [5.41, 5.74) is 3.01. The van der Waals surface area contributed by atoms with Crippen LogP contribution in [0.15, 0.2) is 11.6 Å². The lowest BCUT2D eigenvalue weighted by Crippen LogP contribution is -2.11. The lowest BCUT2D eigenvalue weighted by atomic mass is 10.1. The van der Waals surface area contributed by atoms with E-state index in [1.807, 2.05) is 26.0 Å². The average molecular weight is 383 g/mol. The number of aromatic nitrogens is 1. The van der Waals surface area contributed by atoms with Crippen LogP contribution in [0.1, 0.15) is 43.6 Å². The second kappa shape index (κ2) is 7.85. The van der Waals surface area contributed by atoms with Crippen LogP contribution in [0.25, 0.3) is 6.08 Å². The van der Waals surface area contributed by atoms with E-state index in [-0.39, 0.29) is 18.1 Å². The minimum Gasteiger partial charge on any atom is -0.461 e. The standard InChI is InChI=1S/C19H24Cl2N2O2/c1-12(2)5-6-23-13(3)7-15(14(23)4)8-16(10-22)18(24)25-11-17-9-19(17,20)21/h7-8,12,17H,5-6,9,11H2,1-4H3/b16-8-/t17-/m1/s1. The van der Waals surface area contributed by atoms with Crippen LogP contribution < -0.4 is 0 Å². The summed E-state index contributed by atoms with van der Waals surface area (Å²) < 4.78 is 6.60. The summed E-state index contributed by atoms with van der Waals surface area (Å²) in [6.45, 7) is 9.47. The Morgan fingerprint density at radius 2 is 2.16 bits per heavy atom. The molecule has 6 heteroatoms. The highest BCUT2D eigenvalue weighted by Crippen LogP contribution is 2.53. The summed E-state index contributed by atoms with van der Waals surface area (Å²) in [7, 11) is 0. The first-order valence-corrected chi connectivity index (χ1v) is 9.24. The van der Waals surface area contributed by atoms with Crippen LogP contribution in [-0.4, -0.2) is 21.5 Å². The number of hydrogen-bond donors (Lipinski definition) is 0. The van der Waals surface area contributed by atoms with Gasteiger partial charge in [0, 0.05) is 23.9 Å². The van der Waals surface area contributed by atoms with Crippen molar-refractivity contribution < 1.29 is 9.53 Å². The van der Waals surface area contributed by atoms with Gasteiger partial charge in [-0.25, -0.2) is 4.79 Å². The number of aryl methyl sites for hydroxylation is 1. The van der Waals surface area contributed by atoms with Gasteiger partial charge >= 0.3 is 5.97 Å². The molecule has 1 aromatic rings. The molecule has 1 heterocycles. The van der Waals surface area contributed by atoms with Crippen LogP contribution in [0.2, 0.25) is 0 Å². The molecule has 0 aromatic carbocycles. The van der Waals surface area contributed by atoms with E-state index in [0.717, 1.165) is 29.9 Å². The fourth-order valence-electron chi connectivity index (χ4n) is 2.70. The molecule has 136 valence electrons. The summed E-state index contributed by atoms with van der Waals surface area (Å²) in [6, 6.07) is 3.92. The highest BCUT2D eigenvalue weighted by Gasteiger charge is 2.52. The maximum absolute atomic E-state index is 12.1. The molecule has 1 aromatic heterocycles. The van der Waals surface area contributed by atoms with Gasteiger partial charge < -0.3 is 9.30 Å². The molecule has 1 fully saturated rings. The van der Waals surface area contributed by atoms with E-state index >= 15 is 0 Å². The Labute approximate surface area is 159 Å². The van der Waals surface area contributed by atoms with Crippen molar-refractivity contribution in [3.05, 3.63) is 28.6 Å². The Morgan fingerprint density at radius 3 is 2.68 bits per heavy atom. The van der Waals surface area contributed by atoms with Crippen molar-refractivity contribution >= 4 is 35.2 Å². The molecular weight excluding hydrogens is 359 g/mol. The van der Waals surface area contributed by atoms with Crippen LogP contribution in [0, 0.1) is 37.0 Å². The third-order valence-corrected chi connectivity index (χ3v) is 5.48. The predicted molar refractivity (Wildman–Crippen MR) is 100 cm³/mol. The molecular formula is C19H24Cl2N2O2. The van der Waals surface area contributed by atoms with Gasteiger partial charge in [-0.15, -0.1) is 23.2 Å². The second-order valence-electron chi connectivity index (χ2n) is 7.09.